The first kappa shape index (κ1) is 12.0. The van der Waals surface area contributed by atoms with Gasteiger partial charge in [0.25, 0.3) is 0 Å². The Morgan fingerprint density at radius 1 is 1.61 bits per heavy atom. The highest BCUT2D eigenvalue weighted by Gasteiger charge is 2.18. The highest BCUT2D eigenvalue weighted by molar-refractivity contribution is 8.00. The Balaban J connectivity index is 2.02. The van der Waals surface area contributed by atoms with Crippen LogP contribution in [0.15, 0.2) is 12.1 Å². The molecule has 3 rings (SSSR count). The van der Waals surface area contributed by atoms with Crippen molar-refractivity contribution < 1.29 is 4.74 Å². The summed E-state index contributed by atoms with van der Waals surface area (Å²) in [6, 6.07) is 3.82. The third-order valence-corrected chi connectivity index (χ3v) is 4.91. The van der Waals surface area contributed by atoms with Gasteiger partial charge in [0.05, 0.1) is 12.6 Å². The molecule has 1 unspecified atom stereocenters. The fourth-order valence-corrected chi connectivity index (χ4v) is 3.81. The Bertz CT molecular complexity index is 613. The largest absolute Gasteiger partial charge is 0.481 e. The van der Waals surface area contributed by atoms with Gasteiger partial charge in [0.1, 0.15) is 0 Å². The lowest BCUT2D eigenvalue weighted by molar-refractivity contribution is 0.399. The van der Waals surface area contributed by atoms with Crippen LogP contribution in [0.3, 0.4) is 0 Å². The summed E-state index contributed by atoms with van der Waals surface area (Å²) in [4.78, 5) is 7.69. The number of hydrogen-bond donors (Lipinski definition) is 1. The van der Waals surface area contributed by atoms with E-state index in [0.29, 0.717) is 11.1 Å². The maximum atomic E-state index is 5.38. The van der Waals surface area contributed by atoms with E-state index in [4.69, 9.17) is 17.0 Å². The number of fused-ring (bicyclic) bond motifs is 1. The maximum Gasteiger partial charge on any atom is 0.215 e. The van der Waals surface area contributed by atoms with E-state index in [1.165, 1.54) is 18.6 Å². The van der Waals surface area contributed by atoms with Crippen molar-refractivity contribution in [3.63, 3.8) is 0 Å². The fourth-order valence-electron chi connectivity index (χ4n) is 2.29. The molecule has 0 aromatic carbocycles. The van der Waals surface area contributed by atoms with E-state index < -0.39 is 0 Å². The summed E-state index contributed by atoms with van der Waals surface area (Å²) in [5.41, 5.74) is 1.87. The third-order valence-electron chi connectivity index (χ3n) is 3.21. The quantitative estimate of drug-likeness (QED) is 0.878. The third kappa shape index (κ3) is 2.14. The predicted octanol–water partition coefficient (Wildman–Crippen LogP) is 3.00. The second-order valence-electron chi connectivity index (χ2n) is 4.40. The first-order valence-corrected chi connectivity index (χ1v) is 7.49. The molecule has 1 atom stereocenters. The van der Waals surface area contributed by atoms with Gasteiger partial charge in [0.15, 0.2) is 10.4 Å². The van der Waals surface area contributed by atoms with Crippen molar-refractivity contribution in [1.29, 1.82) is 0 Å². The van der Waals surface area contributed by atoms with Gasteiger partial charge < -0.3 is 14.3 Å². The molecule has 1 saturated heterocycles. The number of methoxy groups -OCH3 is 1. The molecule has 18 heavy (non-hydrogen) atoms. The van der Waals surface area contributed by atoms with E-state index in [0.717, 1.165) is 22.5 Å². The van der Waals surface area contributed by atoms with Crippen LogP contribution >= 0.6 is 24.0 Å². The molecule has 96 valence electrons. The molecule has 0 radical (unpaired) electrons. The fraction of sp³-hybridized carbons (Fsp3) is 0.500. The van der Waals surface area contributed by atoms with Gasteiger partial charge in [0, 0.05) is 17.9 Å². The number of H-pyrrole nitrogens is 1. The maximum absolute atomic E-state index is 5.38. The number of imidazole rings is 1. The number of nitrogens with zero attached hydrogens (tertiary/aromatic N) is 2. The summed E-state index contributed by atoms with van der Waals surface area (Å²) in [7, 11) is 1.63. The van der Waals surface area contributed by atoms with E-state index in [-0.39, 0.29) is 0 Å². The van der Waals surface area contributed by atoms with Crippen molar-refractivity contribution in [1.82, 2.24) is 14.5 Å². The summed E-state index contributed by atoms with van der Waals surface area (Å²) in [5, 5.41) is 0.656. The number of thioether (sulfide) groups is 1. The van der Waals surface area contributed by atoms with E-state index in [1.807, 2.05) is 23.9 Å². The van der Waals surface area contributed by atoms with Crippen LogP contribution in [-0.4, -0.2) is 32.6 Å². The zero-order valence-corrected chi connectivity index (χ0v) is 11.8. The van der Waals surface area contributed by atoms with Crippen molar-refractivity contribution in [2.75, 3.05) is 12.9 Å². The monoisotopic (exact) mass is 281 g/mol. The van der Waals surface area contributed by atoms with Crippen LogP contribution in [0.2, 0.25) is 0 Å². The molecule has 0 bridgehead atoms. The van der Waals surface area contributed by atoms with Gasteiger partial charge in [-0.2, -0.15) is 16.7 Å². The van der Waals surface area contributed by atoms with Gasteiger partial charge in [-0.1, -0.05) is 0 Å². The number of aromatic nitrogens is 3. The van der Waals surface area contributed by atoms with Crippen LogP contribution in [0.1, 0.15) is 12.8 Å². The molecule has 0 saturated carbocycles. The normalized spacial score (nSPS) is 19.5. The first-order valence-electron chi connectivity index (χ1n) is 6.03. The van der Waals surface area contributed by atoms with Crippen LogP contribution in [0.4, 0.5) is 0 Å². The second kappa shape index (κ2) is 4.93. The van der Waals surface area contributed by atoms with Crippen molar-refractivity contribution in [2.24, 2.45) is 0 Å². The average molecular weight is 281 g/mol. The Labute approximate surface area is 115 Å². The number of ether oxygens (including phenoxy) is 1. The molecular weight excluding hydrogens is 266 g/mol. The van der Waals surface area contributed by atoms with Crippen molar-refractivity contribution >= 4 is 35.1 Å². The molecule has 1 fully saturated rings. The first-order chi connectivity index (χ1) is 8.78. The number of rotatable bonds is 3. The SMILES string of the molecule is COc1ccc2[nH]c(=S)n(CC3CCCS3)c2n1. The van der Waals surface area contributed by atoms with Crippen LogP contribution in [0.25, 0.3) is 11.2 Å². The molecular formula is C12H15N3OS2. The van der Waals surface area contributed by atoms with Crippen LogP contribution in [-0.2, 0) is 6.54 Å². The molecule has 2 aromatic rings. The highest BCUT2D eigenvalue weighted by Crippen LogP contribution is 2.28. The zero-order valence-electron chi connectivity index (χ0n) is 10.2. The Morgan fingerprint density at radius 2 is 2.50 bits per heavy atom. The molecule has 0 amide bonds. The van der Waals surface area contributed by atoms with Crippen LogP contribution < -0.4 is 4.74 Å². The van der Waals surface area contributed by atoms with Gasteiger partial charge in [-0.15, -0.1) is 0 Å². The molecule has 0 aliphatic carbocycles. The zero-order chi connectivity index (χ0) is 12.5. The minimum Gasteiger partial charge on any atom is -0.481 e. The molecule has 4 nitrogen and oxygen atoms in total. The minimum atomic E-state index is 0.629. The molecule has 1 N–H and O–H groups in total. The molecule has 6 heteroatoms. The van der Waals surface area contributed by atoms with E-state index in [1.54, 1.807) is 7.11 Å². The van der Waals surface area contributed by atoms with Gasteiger partial charge in [-0.05, 0) is 36.9 Å². The van der Waals surface area contributed by atoms with E-state index in [9.17, 15) is 0 Å². The Hall–Kier alpha value is -1.01. The summed E-state index contributed by atoms with van der Waals surface area (Å²) < 4.78 is 8.02. The van der Waals surface area contributed by atoms with Crippen molar-refractivity contribution in [3.8, 4) is 5.88 Å². The number of aromatic amines is 1. The lowest BCUT2D eigenvalue weighted by atomic mass is 10.2. The Kier molecular flexibility index (Phi) is 3.30. The van der Waals surface area contributed by atoms with Gasteiger partial charge in [-0.3, -0.25) is 0 Å². The molecule has 1 aliphatic rings. The topological polar surface area (TPSA) is 42.8 Å². The second-order valence-corrected chi connectivity index (χ2v) is 6.20. The molecule has 1 aliphatic heterocycles. The predicted molar refractivity (Wildman–Crippen MR) is 76.9 cm³/mol. The highest BCUT2D eigenvalue weighted by atomic mass is 32.2. The summed E-state index contributed by atoms with van der Waals surface area (Å²) >= 11 is 7.41. The molecule has 2 aromatic heterocycles. The lowest BCUT2D eigenvalue weighted by Gasteiger charge is -2.10. The van der Waals surface area contributed by atoms with E-state index in [2.05, 4.69) is 14.5 Å². The van der Waals surface area contributed by atoms with Crippen molar-refractivity contribution in [2.45, 2.75) is 24.6 Å². The van der Waals surface area contributed by atoms with E-state index >= 15 is 0 Å². The summed E-state index contributed by atoms with van der Waals surface area (Å²) in [6.45, 7) is 0.934. The summed E-state index contributed by atoms with van der Waals surface area (Å²) in [6.07, 6.45) is 2.57. The van der Waals surface area contributed by atoms with Gasteiger partial charge >= 0.3 is 0 Å². The lowest BCUT2D eigenvalue weighted by Crippen LogP contribution is -2.10. The average Bonchev–Trinajstić information content (AvgIpc) is 2.99. The number of pyridine rings is 1. The molecule has 0 spiro atoms. The smallest absolute Gasteiger partial charge is 0.215 e. The van der Waals surface area contributed by atoms with Crippen LogP contribution in [0.5, 0.6) is 5.88 Å². The minimum absolute atomic E-state index is 0.629. The molecule has 3 heterocycles. The van der Waals surface area contributed by atoms with Crippen molar-refractivity contribution in [3.05, 3.63) is 16.9 Å². The van der Waals surface area contributed by atoms with Gasteiger partial charge in [-0.25, -0.2) is 0 Å². The number of nitrogens with one attached hydrogen (secondary N) is 1. The van der Waals surface area contributed by atoms with Crippen LogP contribution in [0, 0.1) is 4.77 Å². The van der Waals surface area contributed by atoms with Gasteiger partial charge in [0.2, 0.25) is 5.88 Å². The number of hydrogen-bond acceptors (Lipinski definition) is 4. The Morgan fingerprint density at radius 3 is 3.22 bits per heavy atom. The summed E-state index contributed by atoms with van der Waals surface area (Å²) in [5.74, 6) is 1.89. The standard InChI is InChI=1S/C12H15N3OS2/c1-16-10-5-4-9-11(14-10)15(12(17)13-9)7-8-3-2-6-18-8/h4-5,8H,2-3,6-7H2,1H3,(H,13,17).